The number of carbonyl (C=O) groups is 1. The van der Waals surface area contributed by atoms with Crippen LogP contribution in [0.3, 0.4) is 0 Å². The van der Waals surface area contributed by atoms with Gasteiger partial charge in [0.05, 0.1) is 22.3 Å². The number of benzene rings is 2. The molecule has 6 heteroatoms. The fraction of sp³-hybridized carbons (Fsp3) is 0.208. The van der Waals surface area contributed by atoms with Gasteiger partial charge in [0.1, 0.15) is 0 Å². The normalized spacial score (nSPS) is 11.1. The Morgan fingerprint density at radius 1 is 1.10 bits per heavy atom. The molecule has 0 saturated heterocycles. The molecular weight excluding hydrogens is 392 g/mol. The van der Waals surface area contributed by atoms with Crippen molar-refractivity contribution in [3.05, 3.63) is 77.1 Å². The summed E-state index contributed by atoms with van der Waals surface area (Å²) < 4.78 is 1.82. The van der Waals surface area contributed by atoms with Gasteiger partial charge < -0.3 is 5.32 Å². The van der Waals surface area contributed by atoms with E-state index in [9.17, 15) is 4.79 Å². The number of pyridine rings is 1. The SMILES string of the molecule is CCc1ccc(-n2nc(C)c3c(C(=O)Nc4cccc(SC)c4)cc(C)nc32)cc1. The molecule has 0 aliphatic carbocycles. The molecule has 2 aromatic carbocycles. The Kier molecular flexibility index (Phi) is 5.59. The molecule has 0 atom stereocenters. The zero-order valence-electron chi connectivity index (χ0n) is 17.6. The number of anilines is 1. The highest BCUT2D eigenvalue weighted by Crippen LogP contribution is 2.26. The number of amides is 1. The summed E-state index contributed by atoms with van der Waals surface area (Å²) >= 11 is 1.64. The van der Waals surface area contributed by atoms with Crippen LogP contribution < -0.4 is 5.32 Å². The minimum Gasteiger partial charge on any atom is -0.322 e. The molecule has 152 valence electrons. The molecule has 2 heterocycles. The van der Waals surface area contributed by atoms with Crippen molar-refractivity contribution in [1.82, 2.24) is 14.8 Å². The van der Waals surface area contributed by atoms with Crippen LogP contribution in [-0.2, 0) is 6.42 Å². The molecule has 0 unspecified atom stereocenters. The first-order chi connectivity index (χ1) is 14.5. The Bertz CT molecular complexity index is 1230. The van der Waals surface area contributed by atoms with E-state index in [0.717, 1.165) is 39.5 Å². The van der Waals surface area contributed by atoms with Crippen molar-refractivity contribution in [3.63, 3.8) is 0 Å². The van der Waals surface area contributed by atoms with Gasteiger partial charge >= 0.3 is 0 Å². The standard InChI is InChI=1S/C24H24N4OS/c1-5-17-9-11-19(12-10-17)28-23-22(16(3)27-28)21(13-15(2)25-23)24(29)26-18-7-6-8-20(14-18)30-4/h6-14H,5H2,1-4H3,(H,26,29). The summed E-state index contributed by atoms with van der Waals surface area (Å²) in [6.45, 7) is 5.95. The zero-order valence-corrected chi connectivity index (χ0v) is 18.4. The Morgan fingerprint density at radius 3 is 2.57 bits per heavy atom. The van der Waals surface area contributed by atoms with Crippen LogP contribution in [-0.4, -0.2) is 26.9 Å². The van der Waals surface area contributed by atoms with Crippen LogP contribution in [0.2, 0.25) is 0 Å². The summed E-state index contributed by atoms with van der Waals surface area (Å²) in [5, 5.41) is 8.51. The van der Waals surface area contributed by atoms with Crippen LogP contribution in [0.15, 0.2) is 59.5 Å². The smallest absolute Gasteiger partial charge is 0.256 e. The minimum absolute atomic E-state index is 0.160. The number of hydrogen-bond acceptors (Lipinski definition) is 4. The summed E-state index contributed by atoms with van der Waals surface area (Å²) in [4.78, 5) is 19.0. The van der Waals surface area contributed by atoms with E-state index in [1.165, 1.54) is 5.56 Å². The first-order valence-electron chi connectivity index (χ1n) is 9.92. The molecule has 0 spiro atoms. The van der Waals surface area contributed by atoms with Crippen LogP contribution in [0.1, 0.15) is 34.2 Å². The molecule has 0 radical (unpaired) electrons. The molecule has 30 heavy (non-hydrogen) atoms. The highest BCUT2D eigenvalue weighted by molar-refractivity contribution is 7.98. The fourth-order valence-electron chi connectivity index (χ4n) is 3.55. The van der Waals surface area contributed by atoms with Gasteiger partial charge in [-0.25, -0.2) is 9.67 Å². The summed E-state index contributed by atoms with van der Waals surface area (Å²) in [6.07, 6.45) is 3.00. The number of nitrogens with zero attached hydrogens (tertiary/aromatic N) is 3. The maximum atomic E-state index is 13.2. The van der Waals surface area contributed by atoms with Crippen molar-refractivity contribution in [3.8, 4) is 5.69 Å². The van der Waals surface area contributed by atoms with Gasteiger partial charge in [-0.3, -0.25) is 4.79 Å². The average Bonchev–Trinajstić information content (AvgIpc) is 3.09. The second-order valence-corrected chi connectivity index (χ2v) is 8.09. The predicted octanol–water partition coefficient (Wildman–Crippen LogP) is 5.57. The Morgan fingerprint density at radius 2 is 1.87 bits per heavy atom. The van der Waals surface area contributed by atoms with E-state index in [4.69, 9.17) is 10.1 Å². The third-order valence-corrected chi connectivity index (χ3v) is 5.83. The third kappa shape index (κ3) is 3.83. The lowest BCUT2D eigenvalue weighted by atomic mass is 10.1. The van der Waals surface area contributed by atoms with Crippen molar-refractivity contribution >= 4 is 34.4 Å². The molecule has 5 nitrogen and oxygen atoms in total. The minimum atomic E-state index is -0.160. The van der Waals surface area contributed by atoms with Gasteiger partial charge in [0, 0.05) is 16.3 Å². The molecule has 0 aliphatic rings. The van der Waals surface area contributed by atoms with E-state index >= 15 is 0 Å². The first kappa shape index (κ1) is 20.2. The monoisotopic (exact) mass is 416 g/mol. The lowest BCUT2D eigenvalue weighted by Crippen LogP contribution is -2.13. The number of fused-ring (bicyclic) bond motifs is 1. The highest BCUT2D eigenvalue weighted by atomic mass is 32.2. The summed E-state index contributed by atoms with van der Waals surface area (Å²) in [6, 6.07) is 17.9. The number of nitrogens with one attached hydrogen (secondary N) is 1. The van der Waals surface area contributed by atoms with Crippen molar-refractivity contribution in [2.45, 2.75) is 32.1 Å². The van der Waals surface area contributed by atoms with Crippen LogP contribution >= 0.6 is 11.8 Å². The van der Waals surface area contributed by atoms with E-state index in [1.54, 1.807) is 11.8 Å². The van der Waals surface area contributed by atoms with Gasteiger partial charge in [0.15, 0.2) is 5.65 Å². The molecule has 0 fully saturated rings. The lowest BCUT2D eigenvalue weighted by Gasteiger charge is -2.09. The second kappa shape index (κ2) is 8.32. The molecule has 2 aromatic heterocycles. The third-order valence-electron chi connectivity index (χ3n) is 5.10. The Labute approximate surface area is 180 Å². The van der Waals surface area contributed by atoms with Gasteiger partial charge in [-0.05, 0) is 68.5 Å². The number of aromatic nitrogens is 3. The van der Waals surface area contributed by atoms with E-state index in [2.05, 4.69) is 24.4 Å². The van der Waals surface area contributed by atoms with Crippen molar-refractivity contribution in [2.75, 3.05) is 11.6 Å². The van der Waals surface area contributed by atoms with E-state index < -0.39 is 0 Å². The molecule has 0 bridgehead atoms. The zero-order chi connectivity index (χ0) is 21.3. The summed E-state index contributed by atoms with van der Waals surface area (Å²) in [5.41, 5.74) is 5.80. The van der Waals surface area contributed by atoms with E-state index in [0.29, 0.717) is 11.2 Å². The number of aryl methyl sites for hydroxylation is 3. The quantitative estimate of drug-likeness (QED) is 0.432. The summed E-state index contributed by atoms with van der Waals surface area (Å²) in [5.74, 6) is -0.160. The second-order valence-electron chi connectivity index (χ2n) is 7.21. The highest BCUT2D eigenvalue weighted by Gasteiger charge is 2.19. The van der Waals surface area contributed by atoms with Crippen molar-refractivity contribution < 1.29 is 4.79 Å². The topological polar surface area (TPSA) is 59.8 Å². The Hall–Kier alpha value is -3.12. The van der Waals surface area contributed by atoms with Gasteiger partial charge in [-0.15, -0.1) is 11.8 Å². The summed E-state index contributed by atoms with van der Waals surface area (Å²) in [7, 11) is 0. The van der Waals surface area contributed by atoms with Gasteiger partial charge in [-0.2, -0.15) is 5.10 Å². The molecule has 4 rings (SSSR count). The molecule has 4 aromatic rings. The molecular formula is C24H24N4OS. The van der Waals surface area contributed by atoms with Gasteiger partial charge in [0.25, 0.3) is 5.91 Å². The molecule has 1 N–H and O–H groups in total. The maximum Gasteiger partial charge on any atom is 0.256 e. The van der Waals surface area contributed by atoms with E-state index in [1.807, 2.05) is 67.2 Å². The largest absolute Gasteiger partial charge is 0.322 e. The number of rotatable bonds is 5. The number of hydrogen-bond donors (Lipinski definition) is 1. The van der Waals surface area contributed by atoms with Gasteiger partial charge in [-0.1, -0.05) is 25.1 Å². The molecule has 0 saturated carbocycles. The van der Waals surface area contributed by atoms with Crippen molar-refractivity contribution in [2.24, 2.45) is 0 Å². The fourth-order valence-corrected chi connectivity index (χ4v) is 4.00. The van der Waals surface area contributed by atoms with Crippen molar-refractivity contribution in [1.29, 1.82) is 0 Å². The maximum absolute atomic E-state index is 13.2. The first-order valence-corrected chi connectivity index (χ1v) is 11.1. The number of thioether (sulfide) groups is 1. The Balaban J connectivity index is 1.78. The van der Waals surface area contributed by atoms with E-state index in [-0.39, 0.29) is 5.91 Å². The van der Waals surface area contributed by atoms with Gasteiger partial charge in [0.2, 0.25) is 0 Å². The predicted molar refractivity (Wildman–Crippen MR) is 124 cm³/mol. The van der Waals surface area contributed by atoms with Crippen LogP contribution in [0, 0.1) is 13.8 Å². The number of carbonyl (C=O) groups excluding carboxylic acids is 1. The van der Waals surface area contributed by atoms with Crippen LogP contribution in [0.4, 0.5) is 5.69 Å². The van der Waals surface area contributed by atoms with Crippen LogP contribution in [0.25, 0.3) is 16.7 Å². The van der Waals surface area contributed by atoms with Crippen LogP contribution in [0.5, 0.6) is 0 Å². The molecule has 0 aliphatic heterocycles. The lowest BCUT2D eigenvalue weighted by molar-refractivity contribution is 0.102. The molecule has 1 amide bonds. The average molecular weight is 417 g/mol.